The van der Waals surface area contributed by atoms with E-state index < -0.39 is 15.6 Å². The van der Waals surface area contributed by atoms with Crippen LogP contribution in [0.2, 0.25) is 0 Å². The fraction of sp³-hybridized carbons (Fsp3) is 0.636. The summed E-state index contributed by atoms with van der Waals surface area (Å²) in [6.45, 7) is 3.66. The van der Waals surface area contributed by atoms with Crippen LogP contribution < -0.4 is 10.5 Å². The minimum Gasteiger partial charge on any atom is -0.447 e. The maximum absolute atomic E-state index is 12.1. The van der Waals surface area contributed by atoms with E-state index in [0.717, 1.165) is 0 Å². The second-order valence-electron chi connectivity index (χ2n) is 4.42. The van der Waals surface area contributed by atoms with E-state index in [9.17, 15) is 8.42 Å². The first kappa shape index (κ1) is 15.2. The molecule has 1 aromatic rings. The lowest BCUT2D eigenvalue weighted by Crippen LogP contribution is -2.45. The number of hydrogen-bond donors (Lipinski definition) is 3. The van der Waals surface area contributed by atoms with Gasteiger partial charge in [0.15, 0.2) is 0 Å². The molecule has 1 heterocycles. The lowest BCUT2D eigenvalue weighted by Gasteiger charge is -2.27. The van der Waals surface area contributed by atoms with Gasteiger partial charge in [-0.3, -0.25) is 0 Å². The SMILES string of the molecule is CCC(C)(CCO)NS(=O)(=O)c1ccc(CN)o1. The summed E-state index contributed by atoms with van der Waals surface area (Å²) in [5, 5.41) is 8.82. The van der Waals surface area contributed by atoms with Gasteiger partial charge in [-0.05, 0) is 31.9 Å². The van der Waals surface area contributed by atoms with E-state index in [1.165, 1.54) is 12.1 Å². The average Bonchev–Trinajstić information content (AvgIpc) is 2.78. The topological polar surface area (TPSA) is 106 Å². The molecule has 0 aliphatic rings. The monoisotopic (exact) mass is 276 g/mol. The maximum Gasteiger partial charge on any atom is 0.274 e. The zero-order chi connectivity index (χ0) is 13.8. The van der Waals surface area contributed by atoms with Crippen molar-refractivity contribution in [2.45, 2.75) is 43.9 Å². The van der Waals surface area contributed by atoms with Gasteiger partial charge in [0.2, 0.25) is 5.09 Å². The summed E-state index contributed by atoms with van der Waals surface area (Å²) in [6.07, 6.45) is 0.907. The Bertz CT molecular complexity index is 483. The van der Waals surface area contributed by atoms with E-state index in [1.807, 2.05) is 6.92 Å². The third kappa shape index (κ3) is 3.55. The van der Waals surface area contributed by atoms with Crippen LogP contribution in [-0.2, 0) is 16.6 Å². The Kier molecular flexibility index (Phi) is 4.92. The second-order valence-corrected chi connectivity index (χ2v) is 6.03. The standard InChI is InChI=1S/C11H20N2O4S/c1-3-11(2,6-7-14)13-18(15,16)10-5-4-9(8-12)17-10/h4-5,13-14H,3,6-8,12H2,1-2H3. The molecule has 6 nitrogen and oxygen atoms in total. The normalized spacial score (nSPS) is 15.6. The Balaban J connectivity index is 2.93. The molecule has 1 unspecified atom stereocenters. The lowest BCUT2D eigenvalue weighted by atomic mass is 9.97. The number of aliphatic hydroxyl groups excluding tert-OH is 1. The Labute approximate surface area is 107 Å². The first-order valence-corrected chi connectivity index (χ1v) is 7.29. The molecule has 1 rings (SSSR count). The summed E-state index contributed by atoms with van der Waals surface area (Å²) in [7, 11) is -3.72. The molecule has 7 heteroatoms. The van der Waals surface area contributed by atoms with Crippen molar-refractivity contribution in [3.8, 4) is 0 Å². The molecule has 4 N–H and O–H groups in total. The number of nitrogens with one attached hydrogen (secondary N) is 1. The summed E-state index contributed by atoms with van der Waals surface area (Å²) < 4.78 is 31.8. The van der Waals surface area contributed by atoms with Gasteiger partial charge in [-0.25, -0.2) is 13.1 Å². The van der Waals surface area contributed by atoms with Gasteiger partial charge in [-0.1, -0.05) is 6.92 Å². The third-order valence-electron chi connectivity index (χ3n) is 2.93. The first-order valence-electron chi connectivity index (χ1n) is 5.80. The van der Waals surface area contributed by atoms with Crippen molar-refractivity contribution in [3.63, 3.8) is 0 Å². The summed E-state index contributed by atoms with van der Waals surface area (Å²) >= 11 is 0. The van der Waals surface area contributed by atoms with E-state index in [4.69, 9.17) is 15.3 Å². The van der Waals surface area contributed by atoms with Gasteiger partial charge in [0.05, 0.1) is 6.54 Å². The molecule has 0 fully saturated rings. The molecule has 0 spiro atoms. The predicted molar refractivity (Wildman–Crippen MR) is 67.3 cm³/mol. The van der Waals surface area contributed by atoms with Crippen LogP contribution in [0.25, 0.3) is 0 Å². The first-order chi connectivity index (χ1) is 8.37. The quantitative estimate of drug-likeness (QED) is 0.675. The second kappa shape index (κ2) is 5.83. The molecule has 0 saturated carbocycles. The van der Waals surface area contributed by atoms with Crippen molar-refractivity contribution in [3.05, 3.63) is 17.9 Å². The van der Waals surface area contributed by atoms with Crippen LogP contribution in [0.5, 0.6) is 0 Å². The number of nitrogens with two attached hydrogens (primary N) is 1. The molecule has 0 aliphatic carbocycles. The maximum atomic E-state index is 12.1. The summed E-state index contributed by atoms with van der Waals surface area (Å²) in [4.78, 5) is 0. The fourth-order valence-electron chi connectivity index (χ4n) is 1.53. The molecule has 1 atom stereocenters. The van der Waals surface area contributed by atoms with E-state index in [0.29, 0.717) is 18.6 Å². The van der Waals surface area contributed by atoms with Crippen LogP contribution in [0.4, 0.5) is 0 Å². The molecule has 0 radical (unpaired) electrons. The van der Waals surface area contributed by atoms with Gasteiger partial charge in [0, 0.05) is 12.1 Å². The van der Waals surface area contributed by atoms with Crippen molar-refractivity contribution in [1.29, 1.82) is 0 Å². The number of hydrogen-bond acceptors (Lipinski definition) is 5. The Morgan fingerprint density at radius 3 is 2.61 bits per heavy atom. The van der Waals surface area contributed by atoms with Crippen LogP contribution in [0.15, 0.2) is 21.6 Å². The molecular weight excluding hydrogens is 256 g/mol. The largest absolute Gasteiger partial charge is 0.447 e. The van der Waals surface area contributed by atoms with Crippen LogP contribution in [-0.4, -0.2) is 25.7 Å². The van der Waals surface area contributed by atoms with Crippen LogP contribution in [0, 0.1) is 0 Å². The van der Waals surface area contributed by atoms with E-state index in [1.54, 1.807) is 6.92 Å². The van der Waals surface area contributed by atoms with E-state index in [2.05, 4.69) is 4.72 Å². The van der Waals surface area contributed by atoms with Gasteiger partial charge in [0.25, 0.3) is 10.0 Å². The highest BCUT2D eigenvalue weighted by atomic mass is 32.2. The van der Waals surface area contributed by atoms with Crippen molar-refractivity contribution < 1.29 is 17.9 Å². The highest BCUT2D eigenvalue weighted by Crippen LogP contribution is 2.20. The molecular formula is C11H20N2O4S. The molecule has 1 aromatic heterocycles. The van der Waals surface area contributed by atoms with Gasteiger partial charge in [0.1, 0.15) is 5.76 Å². The Morgan fingerprint density at radius 2 is 2.17 bits per heavy atom. The lowest BCUT2D eigenvalue weighted by molar-refractivity contribution is 0.232. The minimum atomic E-state index is -3.72. The fourth-order valence-corrected chi connectivity index (χ4v) is 2.99. The summed E-state index contributed by atoms with van der Waals surface area (Å²) in [6, 6.07) is 2.91. The molecule has 0 aliphatic heterocycles. The third-order valence-corrected chi connectivity index (χ3v) is 4.44. The molecule has 0 aromatic carbocycles. The predicted octanol–water partition coefficient (Wildman–Crippen LogP) is 0.568. The zero-order valence-corrected chi connectivity index (χ0v) is 11.5. The van der Waals surface area contributed by atoms with Crippen molar-refractivity contribution in [2.24, 2.45) is 5.73 Å². The van der Waals surface area contributed by atoms with Crippen LogP contribution in [0.1, 0.15) is 32.4 Å². The van der Waals surface area contributed by atoms with E-state index >= 15 is 0 Å². The van der Waals surface area contributed by atoms with Crippen molar-refractivity contribution in [2.75, 3.05) is 6.61 Å². The van der Waals surface area contributed by atoms with Gasteiger partial charge in [-0.2, -0.15) is 0 Å². The van der Waals surface area contributed by atoms with Crippen LogP contribution in [0.3, 0.4) is 0 Å². The van der Waals surface area contributed by atoms with Crippen molar-refractivity contribution in [1.82, 2.24) is 4.72 Å². The molecule has 18 heavy (non-hydrogen) atoms. The molecule has 0 saturated heterocycles. The highest BCUT2D eigenvalue weighted by molar-refractivity contribution is 7.89. The van der Waals surface area contributed by atoms with Gasteiger partial charge in [-0.15, -0.1) is 0 Å². The Morgan fingerprint density at radius 1 is 1.50 bits per heavy atom. The van der Waals surface area contributed by atoms with Gasteiger partial charge >= 0.3 is 0 Å². The number of aliphatic hydroxyl groups is 1. The minimum absolute atomic E-state index is 0.0843. The van der Waals surface area contributed by atoms with Gasteiger partial charge < -0.3 is 15.3 Å². The zero-order valence-electron chi connectivity index (χ0n) is 10.6. The smallest absolute Gasteiger partial charge is 0.274 e. The Hall–Kier alpha value is -0.890. The summed E-state index contributed by atoms with van der Waals surface area (Å²) in [5.74, 6) is 0.413. The highest BCUT2D eigenvalue weighted by Gasteiger charge is 2.30. The molecule has 0 amide bonds. The molecule has 0 bridgehead atoms. The number of sulfonamides is 1. The summed E-state index contributed by atoms with van der Waals surface area (Å²) in [5.41, 5.74) is 4.67. The number of furan rings is 1. The van der Waals surface area contributed by atoms with E-state index in [-0.39, 0.29) is 18.2 Å². The molecule has 104 valence electrons. The van der Waals surface area contributed by atoms with Crippen LogP contribution >= 0.6 is 0 Å². The van der Waals surface area contributed by atoms with Crippen molar-refractivity contribution >= 4 is 10.0 Å². The average molecular weight is 276 g/mol. The number of rotatable bonds is 7.